The Morgan fingerprint density at radius 3 is 2.61 bits per heavy atom. The van der Waals surface area contributed by atoms with Gasteiger partial charge in [-0.25, -0.2) is 4.79 Å². The summed E-state index contributed by atoms with van der Waals surface area (Å²) in [6, 6.07) is 13.8. The van der Waals surface area contributed by atoms with Crippen LogP contribution in [0.15, 0.2) is 47.4 Å². The number of carbonyl (C=O) groups excluding carboxylic acids is 2. The monoisotopic (exact) mass is 558 g/mol. The minimum atomic E-state index is -0.629. The molecule has 1 aliphatic rings. The zero-order valence-electron chi connectivity index (χ0n) is 22.5. The predicted octanol–water partition coefficient (Wildman–Crippen LogP) is 5.99. The van der Waals surface area contributed by atoms with Gasteiger partial charge in [-0.05, 0) is 38.5 Å². The van der Waals surface area contributed by atoms with Gasteiger partial charge in [0.25, 0.3) is 0 Å². The van der Waals surface area contributed by atoms with Crippen molar-refractivity contribution in [2.24, 2.45) is 5.92 Å². The summed E-state index contributed by atoms with van der Waals surface area (Å²) in [6.45, 7) is 10.6. The topological polar surface area (TPSA) is 87.8 Å². The number of carbonyl (C=O) groups is 2. The van der Waals surface area contributed by atoms with E-state index in [1.165, 1.54) is 5.56 Å². The highest BCUT2D eigenvalue weighted by atomic mass is 35.5. The molecule has 1 fully saturated rings. The fraction of sp³-hybridized carbons (Fsp3) is 0.464. The number of benzene rings is 2. The average molecular weight is 559 g/mol. The molecule has 1 unspecified atom stereocenters. The molecule has 1 aliphatic heterocycles. The summed E-state index contributed by atoms with van der Waals surface area (Å²) in [5, 5.41) is 8.59. The van der Waals surface area contributed by atoms with Crippen molar-refractivity contribution in [1.82, 2.24) is 20.0 Å². The first-order valence-corrected chi connectivity index (χ1v) is 14.1. The number of H-pyrrole nitrogens is 1. The third-order valence-electron chi connectivity index (χ3n) is 6.13. The van der Waals surface area contributed by atoms with Crippen molar-refractivity contribution in [3.8, 4) is 5.88 Å². The van der Waals surface area contributed by atoms with Gasteiger partial charge in [0.1, 0.15) is 12.2 Å². The molecule has 1 atom stereocenters. The number of nitrogens with one attached hydrogen (secondary N) is 1. The van der Waals surface area contributed by atoms with E-state index < -0.39 is 17.7 Å². The lowest BCUT2D eigenvalue weighted by molar-refractivity contribution is -0.137. The van der Waals surface area contributed by atoms with Crippen LogP contribution in [0.5, 0.6) is 5.88 Å². The fourth-order valence-electron chi connectivity index (χ4n) is 4.28. The second kappa shape index (κ2) is 11.9. The maximum absolute atomic E-state index is 13.0. The van der Waals surface area contributed by atoms with Crippen LogP contribution < -0.4 is 4.74 Å². The summed E-state index contributed by atoms with van der Waals surface area (Å²) in [7, 11) is 0. The quantitative estimate of drug-likeness (QED) is 0.358. The number of fused-ring (bicyclic) bond motifs is 1. The Morgan fingerprint density at radius 1 is 1.18 bits per heavy atom. The Hall–Kier alpha value is -2.91. The van der Waals surface area contributed by atoms with E-state index in [2.05, 4.69) is 22.3 Å². The summed E-state index contributed by atoms with van der Waals surface area (Å²) in [4.78, 5) is 30.1. The minimum Gasteiger partial charge on any atom is -0.474 e. The molecule has 0 aliphatic carbocycles. The highest BCUT2D eigenvalue weighted by Crippen LogP contribution is 2.35. The molecular formula is C28H35ClN4O4S. The van der Waals surface area contributed by atoms with Gasteiger partial charge in [-0.15, -0.1) is 16.9 Å². The summed E-state index contributed by atoms with van der Waals surface area (Å²) >= 11 is 8.36. The average Bonchev–Trinajstić information content (AvgIpc) is 3.28. The molecule has 3 aromatic rings. The fourth-order valence-corrected chi connectivity index (χ4v) is 5.58. The first-order valence-electron chi connectivity index (χ1n) is 12.8. The van der Waals surface area contributed by atoms with Crippen LogP contribution in [0.25, 0.3) is 10.9 Å². The third kappa shape index (κ3) is 6.94. The molecule has 0 bridgehead atoms. The van der Waals surface area contributed by atoms with Crippen LogP contribution >= 0.6 is 23.4 Å². The van der Waals surface area contributed by atoms with Crippen molar-refractivity contribution in [2.45, 2.75) is 56.9 Å². The summed E-state index contributed by atoms with van der Waals surface area (Å²) < 4.78 is 11.8. The Balaban J connectivity index is 1.49. The van der Waals surface area contributed by atoms with E-state index in [0.29, 0.717) is 35.9 Å². The molecule has 2 aromatic carbocycles. The van der Waals surface area contributed by atoms with Crippen LogP contribution in [-0.4, -0.2) is 69.9 Å². The van der Waals surface area contributed by atoms with Crippen LogP contribution in [0.2, 0.25) is 5.02 Å². The van der Waals surface area contributed by atoms with Gasteiger partial charge in [0.15, 0.2) is 0 Å². The number of piperazine rings is 1. The number of ether oxygens (including phenoxy) is 2. The number of thioether (sulfide) groups is 1. The zero-order valence-corrected chi connectivity index (χ0v) is 24.1. The van der Waals surface area contributed by atoms with Crippen LogP contribution in [-0.2, 0) is 15.3 Å². The van der Waals surface area contributed by atoms with Crippen LogP contribution in [0.4, 0.5) is 4.79 Å². The van der Waals surface area contributed by atoms with Crippen LogP contribution in [0, 0.1) is 5.92 Å². The first-order chi connectivity index (χ1) is 18.0. The summed E-state index contributed by atoms with van der Waals surface area (Å²) in [6.07, 6.45) is -0.423. The van der Waals surface area contributed by atoms with Crippen molar-refractivity contribution in [3.63, 3.8) is 0 Å². The molecule has 2 heterocycles. The molecule has 10 heteroatoms. The van der Waals surface area contributed by atoms with Gasteiger partial charge in [0.05, 0.1) is 22.0 Å². The molecule has 204 valence electrons. The second-order valence-corrected chi connectivity index (χ2v) is 12.2. The molecular weight excluding hydrogens is 524 g/mol. The second-order valence-electron chi connectivity index (χ2n) is 10.7. The van der Waals surface area contributed by atoms with E-state index in [9.17, 15) is 9.59 Å². The molecule has 1 saturated heterocycles. The van der Waals surface area contributed by atoms with Crippen molar-refractivity contribution < 1.29 is 19.1 Å². The van der Waals surface area contributed by atoms with Crippen molar-refractivity contribution in [1.29, 1.82) is 0 Å². The van der Waals surface area contributed by atoms with E-state index in [0.717, 1.165) is 16.2 Å². The predicted molar refractivity (Wildman–Crippen MR) is 151 cm³/mol. The van der Waals surface area contributed by atoms with Crippen molar-refractivity contribution in [2.75, 3.05) is 26.2 Å². The van der Waals surface area contributed by atoms with Gasteiger partial charge in [0.2, 0.25) is 11.8 Å². The van der Waals surface area contributed by atoms with Crippen molar-refractivity contribution >= 4 is 46.3 Å². The van der Waals surface area contributed by atoms with E-state index in [1.807, 2.05) is 65.0 Å². The standard InChI is InChI=1S/C28H35ClN4O4S/c1-18(2)26(34)32-11-12-33(27(35)37-28(3,4)5)20(15-32)16-36-25-24-22(29)13-21(14-23(24)30-31-25)38-17-19-9-7-6-8-10-19/h6-10,13-14,18,20H,11-12,15-17H2,1-5H3,(H,30,31). The number of hydrogen-bond acceptors (Lipinski definition) is 6. The van der Waals surface area contributed by atoms with E-state index in [1.54, 1.807) is 21.6 Å². The largest absolute Gasteiger partial charge is 0.474 e. The Morgan fingerprint density at radius 2 is 1.92 bits per heavy atom. The molecule has 0 saturated carbocycles. The number of rotatable bonds is 7. The molecule has 1 aromatic heterocycles. The maximum atomic E-state index is 13.0. The van der Waals surface area contributed by atoms with E-state index in [-0.39, 0.29) is 18.4 Å². The summed E-state index contributed by atoms with van der Waals surface area (Å²) in [5.74, 6) is 1.11. The molecule has 1 N–H and O–H groups in total. The summed E-state index contributed by atoms with van der Waals surface area (Å²) in [5.41, 5.74) is 1.37. The lowest BCUT2D eigenvalue weighted by Gasteiger charge is -2.41. The number of halogens is 1. The molecule has 8 nitrogen and oxygen atoms in total. The lowest BCUT2D eigenvalue weighted by atomic mass is 10.1. The normalized spacial score (nSPS) is 16.2. The lowest BCUT2D eigenvalue weighted by Crippen LogP contribution is -2.59. The first kappa shape index (κ1) is 28.1. The number of amides is 2. The number of hydrogen-bond donors (Lipinski definition) is 1. The van der Waals surface area contributed by atoms with Crippen LogP contribution in [0.3, 0.4) is 0 Å². The Bertz CT molecular complexity index is 1280. The highest BCUT2D eigenvalue weighted by Gasteiger charge is 2.36. The van der Waals surface area contributed by atoms with Gasteiger partial charge in [-0.2, -0.15) is 0 Å². The molecule has 4 rings (SSSR count). The molecule has 0 spiro atoms. The van der Waals surface area contributed by atoms with E-state index >= 15 is 0 Å². The molecule has 2 amide bonds. The SMILES string of the molecule is CC(C)C(=O)N1CCN(C(=O)OC(C)(C)C)C(COc2n[nH]c3cc(SCc4ccccc4)cc(Cl)c23)C1. The number of aromatic nitrogens is 2. The number of nitrogens with zero attached hydrogens (tertiary/aromatic N) is 3. The maximum Gasteiger partial charge on any atom is 0.410 e. The highest BCUT2D eigenvalue weighted by molar-refractivity contribution is 7.98. The van der Waals surface area contributed by atoms with Crippen LogP contribution in [0.1, 0.15) is 40.2 Å². The zero-order chi connectivity index (χ0) is 27.4. The van der Waals surface area contributed by atoms with Crippen molar-refractivity contribution in [3.05, 3.63) is 53.1 Å². The van der Waals surface area contributed by atoms with Gasteiger partial charge in [0, 0.05) is 36.2 Å². The van der Waals surface area contributed by atoms with Gasteiger partial charge in [-0.1, -0.05) is 55.8 Å². The Kier molecular flexibility index (Phi) is 8.78. The Labute approximate surface area is 233 Å². The molecule has 0 radical (unpaired) electrons. The van der Waals surface area contributed by atoms with E-state index in [4.69, 9.17) is 21.1 Å². The third-order valence-corrected chi connectivity index (χ3v) is 7.48. The molecule has 38 heavy (non-hydrogen) atoms. The minimum absolute atomic E-state index is 0.0487. The number of aromatic amines is 1. The smallest absolute Gasteiger partial charge is 0.410 e. The van der Waals surface area contributed by atoms with Gasteiger partial charge < -0.3 is 14.4 Å². The van der Waals surface area contributed by atoms with Gasteiger partial charge in [-0.3, -0.25) is 14.8 Å². The van der Waals surface area contributed by atoms with Gasteiger partial charge >= 0.3 is 6.09 Å².